The van der Waals surface area contributed by atoms with E-state index in [2.05, 4.69) is 6.58 Å². The molecule has 6 heteroatoms. The fourth-order valence-corrected chi connectivity index (χ4v) is 5.11. The Hall–Kier alpha value is -1.21. The molecule has 3 atom stereocenters. The van der Waals surface area contributed by atoms with Crippen LogP contribution < -0.4 is 0 Å². The Morgan fingerprint density at radius 1 is 1.26 bits per heavy atom. The third-order valence-electron chi connectivity index (χ3n) is 4.47. The number of ether oxygens (including phenoxy) is 2. The van der Waals surface area contributed by atoms with Crippen molar-refractivity contribution in [1.29, 1.82) is 0 Å². The maximum Gasteiger partial charge on any atom is 0.243 e. The van der Waals surface area contributed by atoms with Crippen LogP contribution in [0.3, 0.4) is 0 Å². The van der Waals surface area contributed by atoms with E-state index in [9.17, 15) is 8.42 Å². The van der Waals surface area contributed by atoms with E-state index < -0.39 is 10.0 Å². The molecule has 2 saturated heterocycles. The van der Waals surface area contributed by atoms with Crippen LogP contribution in [-0.4, -0.2) is 50.7 Å². The molecule has 2 aliphatic heterocycles. The van der Waals surface area contributed by atoms with Crippen LogP contribution in [0.5, 0.6) is 0 Å². The highest BCUT2D eigenvalue weighted by molar-refractivity contribution is 7.89. The molecule has 0 spiro atoms. The first-order valence-corrected chi connectivity index (χ1v) is 9.48. The first-order chi connectivity index (χ1) is 11.1. The number of hydrogen-bond acceptors (Lipinski definition) is 4. The highest BCUT2D eigenvalue weighted by Gasteiger charge is 2.45. The van der Waals surface area contributed by atoms with Gasteiger partial charge in [0.15, 0.2) is 0 Å². The van der Waals surface area contributed by atoms with Gasteiger partial charge < -0.3 is 9.47 Å². The first kappa shape index (κ1) is 16.6. The van der Waals surface area contributed by atoms with Crippen LogP contribution in [0.4, 0.5) is 0 Å². The van der Waals surface area contributed by atoms with E-state index in [1.165, 1.54) is 0 Å². The quantitative estimate of drug-likeness (QED) is 0.590. The van der Waals surface area contributed by atoms with Crippen LogP contribution in [0.2, 0.25) is 0 Å². The van der Waals surface area contributed by atoms with E-state index in [4.69, 9.17) is 9.47 Å². The normalized spacial score (nSPS) is 28.4. The molecule has 0 unspecified atom stereocenters. The van der Waals surface area contributed by atoms with Crippen LogP contribution in [0.25, 0.3) is 0 Å². The van der Waals surface area contributed by atoms with Crippen LogP contribution >= 0.6 is 0 Å². The summed E-state index contributed by atoms with van der Waals surface area (Å²) < 4.78 is 38.8. The lowest BCUT2D eigenvalue weighted by molar-refractivity contribution is -0.0908. The largest absolute Gasteiger partial charge is 0.375 e. The van der Waals surface area contributed by atoms with Crippen molar-refractivity contribution >= 4 is 10.0 Å². The number of rotatable bonds is 6. The van der Waals surface area contributed by atoms with Crippen molar-refractivity contribution in [2.24, 2.45) is 0 Å². The average Bonchev–Trinajstić information content (AvgIpc) is 3.00. The van der Waals surface area contributed by atoms with Gasteiger partial charge in [0.25, 0.3) is 0 Å². The van der Waals surface area contributed by atoms with E-state index in [1.807, 2.05) is 6.07 Å². The maximum atomic E-state index is 12.8. The summed E-state index contributed by atoms with van der Waals surface area (Å²) in [5.74, 6) is 0. The molecule has 2 aliphatic rings. The molecule has 0 N–H and O–H groups in total. The fourth-order valence-electron chi connectivity index (χ4n) is 3.39. The van der Waals surface area contributed by atoms with E-state index in [-0.39, 0.29) is 18.2 Å². The van der Waals surface area contributed by atoms with Crippen LogP contribution in [0.15, 0.2) is 47.9 Å². The van der Waals surface area contributed by atoms with E-state index in [0.29, 0.717) is 24.7 Å². The van der Waals surface area contributed by atoms with Crippen molar-refractivity contribution in [3.05, 3.63) is 43.0 Å². The molecule has 2 heterocycles. The molecule has 1 aromatic carbocycles. The molecule has 0 bridgehead atoms. The lowest BCUT2D eigenvalue weighted by Gasteiger charge is -2.35. The van der Waals surface area contributed by atoms with Gasteiger partial charge in [-0.15, -0.1) is 6.58 Å². The molecule has 0 saturated carbocycles. The molecule has 126 valence electrons. The van der Waals surface area contributed by atoms with Gasteiger partial charge in [-0.1, -0.05) is 24.3 Å². The van der Waals surface area contributed by atoms with Crippen LogP contribution in [0, 0.1) is 0 Å². The number of nitrogens with zero attached hydrogens (tertiary/aromatic N) is 1. The maximum absolute atomic E-state index is 12.8. The minimum Gasteiger partial charge on any atom is -0.375 e. The molecule has 2 fully saturated rings. The molecule has 23 heavy (non-hydrogen) atoms. The zero-order valence-electron chi connectivity index (χ0n) is 13.1. The molecular weight excluding hydrogens is 314 g/mol. The average molecular weight is 337 g/mol. The second-order valence-electron chi connectivity index (χ2n) is 5.98. The molecule has 0 aliphatic carbocycles. The van der Waals surface area contributed by atoms with Crippen LogP contribution in [-0.2, 0) is 19.5 Å². The SMILES string of the molecule is C=CCOC[C@@H]1CC[C@H]2[C@H](CCN2S(=O)(=O)c2ccccc2)O1. The summed E-state index contributed by atoms with van der Waals surface area (Å²) in [6, 6.07) is 8.58. The van der Waals surface area contributed by atoms with Crippen molar-refractivity contribution < 1.29 is 17.9 Å². The summed E-state index contributed by atoms with van der Waals surface area (Å²) in [7, 11) is -3.44. The molecule has 0 aromatic heterocycles. The summed E-state index contributed by atoms with van der Waals surface area (Å²) in [5, 5.41) is 0. The summed E-state index contributed by atoms with van der Waals surface area (Å²) in [6.45, 7) is 5.20. The molecular formula is C17H23NO4S. The second kappa shape index (κ2) is 7.13. The van der Waals surface area contributed by atoms with Gasteiger partial charge in [-0.2, -0.15) is 4.31 Å². The topological polar surface area (TPSA) is 55.8 Å². The Balaban J connectivity index is 1.66. The minimum absolute atomic E-state index is 0.0282. The van der Waals surface area contributed by atoms with E-state index in [1.54, 1.807) is 34.6 Å². The predicted molar refractivity (Wildman–Crippen MR) is 87.6 cm³/mol. The Morgan fingerprint density at radius 2 is 2.04 bits per heavy atom. The van der Waals surface area contributed by atoms with E-state index >= 15 is 0 Å². The molecule has 3 rings (SSSR count). The van der Waals surface area contributed by atoms with Gasteiger partial charge in [0, 0.05) is 6.54 Å². The number of hydrogen-bond donors (Lipinski definition) is 0. The van der Waals surface area contributed by atoms with Crippen molar-refractivity contribution in [2.45, 2.75) is 42.4 Å². The fraction of sp³-hybridized carbons (Fsp3) is 0.529. The van der Waals surface area contributed by atoms with Crippen molar-refractivity contribution in [3.8, 4) is 0 Å². The smallest absolute Gasteiger partial charge is 0.243 e. The van der Waals surface area contributed by atoms with Crippen molar-refractivity contribution in [1.82, 2.24) is 4.31 Å². The van der Waals surface area contributed by atoms with E-state index in [0.717, 1.165) is 19.3 Å². The van der Waals surface area contributed by atoms with Crippen molar-refractivity contribution in [2.75, 3.05) is 19.8 Å². The summed E-state index contributed by atoms with van der Waals surface area (Å²) >= 11 is 0. The second-order valence-corrected chi connectivity index (χ2v) is 7.88. The Morgan fingerprint density at radius 3 is 2.78 bits per heavy atom. The molecule has 0 amide bonds. The number of sulfonamides is 1. The van der Waals surface area contributed by atoms with Gasteiger partial charge in [0.05, 0.1) is 36.4 Å². The number of fused-ring (bicyclic) bond motifs is 1. The zero-order valence-corrected chi connectivity index (χ0v) is 14.0. The Bertz CT molecular complexity index is 631. The summed E-state index contributed by atoms with van der Waals surface area (Å²) in [6.07, 6.45) is 4.12. The third-order valence-corrected chi connectivity index (χ3v) is 6.41. The van der Waals surface area contributed by atoms with Gasteiger partial charge in [0.1, 0.15) is 0 Å². The van der Waals surface area contributed by atoms with Crippen molar-refractivity contribution in [3.63, 3.8) is 0 Å². The standard InChI is InChI=1S/C17H23NO4S/c1-2-12-21-13-14-8-9-16-17(22-14)10-11-18(16)23(19,20)15-6-4-3-5-7-15/h2-7,14,16-17H,1,8-13H2/t14-,16-,17-/m0/s1. The lowest BCUT2D eigenvalue weighted by Crippen LogP contribution is -2.45. The zero-order chi connectivity index (χ0) is 16.3. The number of benzene rings is 1. The van der Waals surface area contributed by atoms with Gasteiger partial charge in [0.2, 0.25) is 10.0 Å². The third kappa shape index (κ3) is 3.50. The first-order valence-electron chi connectivity index (χ1n) is 8.04. The summed E-state index contributed by atoms with van der Waals surface area (Å²) in [4.78, 5) is 0.358. The lowest BCUT2D eigenvalue weighted by atomic mass is 10.0. The predicted octanol–water partition coefficient (Wildman–Crippen LogP) is 2.20. The van der Waals surface area contributed by atoms with Crippen LogP contribution in [0.1, 0.15) is 19.3 Å². The van der Waals surface area contributed by atoms with Gasteiger partial charge in [-0.25, -0.2) is 8.42 Å². The minimum atomic E-state index is -3.44. The Kier molecular flexibility index (Phi) is 5.16. The molecule has 0 radical (unpaired) electrons. The monoisotopic (exact) mass is 337 g/mol. The highest BCUT2D eigenvalue weighted by Crippen LogP contribution is 2.35. The van der Waals surface area contributed by atoms with Gasteiger partial charge >= 0.3 is 0 Å². The van der Waals surface area contributed by atoms with Gasteiger partial charge in [-0.05, 0) is 31.4 Å². The molecule has 5 nitrogen and oxygen atoms in total. The van der Waals surface area contributed by atoms with Gasteiger partial charge in [-0.3, -0.25) is 0 Å². The Labute approximate surface area is 137 Å². The summed E-state index contributed by atoms with van der Waals surface area (Å²) in [5.41, 5.74) is 0. The highest BCUT2D eigenvalue weighted by atomic mass is 32.2. The molecule has 1 aromatic rings.